The molecular formula is C5H10NO3S-. The van der Waals surface area contributed by atoms with Crippen molar-refractivity contribution in [3.63, 3.8) is 0 Å². The minimum atomic E-state index is -2.12. The molecule has 0 aromatic rings. The summed E-state index contributed by atoms with van der Waals surface area (Å²) in [6.45, 7) is 1.88. The lowest BCUT2D eigenvalue weighted by Gasteiger charge is -2.44. The zero-order valence-electron chi connectivity index (χ0n) is 5.62. The molecule has 1 aliphatic rings. The molecule has 1 unspecified atom stereocenters. The van der Waals surface area contributed by atoms with Crippen LogP contribution in [-0.2, 0) is 16.0 Å². The molecule has 4 nitrogen and oxygen atoms in total. The number of rotatable bonds is 1. The zero-order chi connectivity index (χ0) is 7.61. The van der Waals surface area contributed by atoms with Crippen molar-refractivity contribution in [2.24, 2.45) is 0 Å². The summed E-state index contributed by atoms with van der Waals surface area (Å²) in [5.41, 5.74) is 0. The highest BCUT2D eigenvalue weighted by Gasteiger charge is 2.20. The van der Waals surface area contributed by atoms with Crippen molar-refractivity contribution in [3.8, 4) is 0 Å². The van der Waals surface area contributed by atoms with Gasteiger partial charge in [0, 0.05) is 0 Å². The molecule has 0 aromatic carbocycles. The predicted molar refractivity (Wildman–Crippen MR) is 35.1 cm³/mol. The van der Waals surface area contributed by atoms with E-state index in [4.69, 9.17) is 4.74 Å². The van der Waals surface area contributed by atoms with Gasteiger partial charge in [-0.15, -0.1) is 7.05 Å². The molecule has 1 rings (SSSR count). The molecule has 1 heterocycles. The number of nitrogens with zero attached hydrogens (tertiary/aromatic N) is 1. The largest absolute Gasteiger partial charge is 0.726 e. The highest BCUT2D eigenvalue weighted by Crippen LogP contribution is 2.10. The van der Waals surface area contributed by atoms with E-state index in [9.17, 15) is 8.76 Å². The van der Waals surface area contributed by atoms with Crippen LogP contribution in [-0.4, -0.2) is 39.0 Å². The van der Waals surface area contributed by atoms with Gasteiger partial charge in [0.2, 0.25) is 0 Å². The van der Waals surface area contributed by atoms with Gasteiger partial charge < -0.3 is 13.2 Å². The maximum absolute atomic E-state index is 10.5. The van der Waals surface area contributed by atoms with Gasteiger partial charge >= 0.3 is 0 Å². The van der Waals surface area contributed by atoms with Crippen LogP contribution in [0.5, 0.6) is 0 Å². The first-order valence-electron chi connectivity index (χ1n) is 3.04. The summed E-state index contributed by atoms with van der Waals surface area (Å²) in [4.78, 5) is 0. The third kappa shape index (κ3) is 1.54. The van der Waals surface area contributed by atoms with Crippen LogP contribution in [0.2, 0.25) is 0 Å². The van der Waals surface area contributed by atoms with E-state index >= 15 is 0 Å². The lowest BCUT2D eigenvalue weighted by Crippen LogP contribution is -2.50. The van der Waals surface area contributed by atoms with Crippen LogP contribution in [0.15, 0.2) is 0 Å². The third-order valence-corrected chi connectivity index (χ3v) is 2.60. The van der Waals surface area contributed by atoms with Crippen molar-refractivity contribution in [1.29, 1.82) is 0 Å². The van der Waals surface area contributed by atoms with Crippen LogP contribution in [0.1, 0.15) is 0 Å². The van der Waals surface area contributed by atoms with Gasteiger partial charge in [-0.25, -0.2) is 4.21 Å². The first kappa shape index (κ1) is 8.13. The Bertz CT molecular complexity index is 144. The Labute approximate surface area is 62.8 Å². The summed E-state index contributed by atoms with van der Waals surface area (Å²) in [5, 5.41) is 0. The van der Waals surface area contributed by atoms with Crippen molar-refractivity contribution < 1.29 is 17.4 Å². The van der Waals surface area contributed by atoms with Gasteiger partial charge in [0.25, 0.3) is 0 Å². The molecule has 60 valence electrons. The molecular weight excluding hydrogens is 154 g/mol. The molecule has 5 heteroatoms. The van der Waals surface area contributed by atoms with Gasteiger partial charge in [0.1, 0.15) is 11.3 Å². The fourth-order valence-electron chi connectivity index (χ4n) is 0.825. The highest BCUT2D eigenvalue weighted by atomic mass is 32.2. The van der Waals surface area contributed by atoms with Crippen LogP contribution in [0, 0.1) is 7.05 Å². The zero-order valence-corrected chi connectivity index (χ0v) is 6.43. The minimum Gasteiger partial charge on any atom is -0.726 e. The average molecular weight is 164 g/mol. The second-order valence-corrected chi connectivity index (χ2v) is 3.54. The van der Waals surface area contributed by atoms with Gasteiger partial charge in [-0.1, -0.05) is 0 Å². The Kier molecular flexibility index (Phi) is 2.40. The van der Waals surface area contributed by atoms with Crippen molar-refractivity contribution in [2.45, 2.75) is 0 Å². The van der Waals surface area contributed by atoms with Crippen molar-refractivity contribution in [2.75, 3.05) is 26.3 Å². The maximum atomic E-state index is 10.5. The van der Waals surface area contributed by atoms with Crippen molar-refractivity contribution in [1.82, 2.24) is 0 Å². The van der Waals surface area contributed by atoms with Gasteiger partial charge in [0.15, 0.2) is 0 Å². The average Bonchev–Trinajstić information content (AvgIpc) is 1.89. The summed E-state index contributed by atoms with van der Waals surface area (Å²) < 4.78 is 25.9. The predicted octanol–water partition coefficient (Wildman–Crippen LogP) is -0.581. The number of hydrogen-bond acceptors (Lipinski definition) is 3. The summed E-state index contributed by atoms with van der Waals surface area (Å²) >= 11 is -2.12. The molecule has 1 aliphatic heterocycles. The maximum Gasteiger partial charge on any atom is 0.120 e. The van der Waals surface area contributed by atoms with E-state index < -0.39 is 11.3 Å². The van der Waals surface area contributed by atoms with Gasteiger partial charge in [-0.2, -0.15) is 0 Å². The second kappa shape index (κ2) is 2.96. The van der Waals surface area contributed by atoms with E-state index in [1.807, 2.05) is 0 Å². The molecule has 0 radical (unpaired) electrons. The number of quaternary nitrogens is 1. The Morgan fingerprint density at radius 2 is 2.00 bits per heavy atom. The van der Waals surface area contributed by atoms with Crippen LogP contribution in [0.25, 0.3) is 0 Å². The summed E-state index contributed by atoms with van der Waals surface area (Å²) in [7, 11) is 3.57. The molecule has 0 bridgehead atoms. The van der Waals surface area contributed by atoms with Crippen molar-refractivity contribution >= 4 is 11.3 Å². The van der Waals surface area contributed by atoms with Crippen LogP contribution >= 0.6 is 0 Å². The summed E-state index contributed by atoms with van der Waals surface area (Å²) in [6, 6.07) is 0. The smallest absolute Gasteiger partial charge is 0.120 e. The molecule has 0 N–H and O–H groups in total. The van der Waals surface area contributed by atoms with Gasteiger partial charge in [0.05, 0.1) is 26.3 Å². The summed E-state index contributed by atoms with van der Waals surface area (Å²) in [6.07, 6.45) is 0. The van der Waals surface area contributed by atoms with E-state index in [1.54, 1.807) is 0 Å². The number of morpholine rings is 1. The molecule has 0 amide bonds. The van der Waals surface area contributed by atoms with E-state index in [-0.39, 0.29) is 3.89 Å². The van der Waals surface area contributed by atoms with Gasteiger partial charge in [-0.3, -0.25) is 0 Å². The number of ether oxygens (including phenoxy) is 1. The monoisotopic (exact) mass is 164 g/mol. The lowest BCUT2D eigenvalue weighted by molar-refractivity contribution is -0.770. The molecule has 10 heavy (non-hydrogen) atoms. The van der Waals surface area contributed by atoms with Gasteiger partial charge in [-0.05, 0) is 0 Å². The molecule has 1 atom stereocenters. The standard InChI is InChI=1S/C5H11NO3S/c1-6(10(7)8)2-4-9-5-3-6/h1-5H2,(H,7,8)/p-1. The Hall–Kier alpha value is 0.0300. The molecule has 0 spiro atoms. The lowest BCUT2D eigenvalue weighted by atomic mass is 10.5. The first-order valence-corrected chi connectivity index (χ1v) is 4.07. The van der Waals surface area contributed by atoms with E-state index in [1.165, 1.54) is 0 Å². The Balaban J connectivity index is 2.56. The van der Waals surface area contributed by atoms with E-state index in [0.29, 0.717) is 26.3 Å². The van der Waals surface area contributed by atoms with E-state index in [2.05, 4.69) is 7.05 Å². The van der Waals surface area contributed by atoms with Crippen molar-refractivity contribution in [3.05, 3.63) is 7.05 Å². The molecule has 0 saturated carbocycles. The quantitative estimate of drug-likeness (QED) is 0.296. The number of hydrogen-bond donors (Lipinski definition) is 0. The fraction of sp³-hybridized carbons (Fsp3) is 0.800. The molecule has 0 aliphatic carbocycles. The van der Waals surface area contributed by atoms with E-state index in [0.717, 1.165) is 0 Å². The minimum absolute atomic E-state index is 0.153. The SMILES string of the molecule is [CH2-][N+]1(S(=O)[O-])CCOCC1. The highest BCUT2D eigenvalue weighted by molar-refractivity contribution is 7.73. The second-order valence-electron chi connectivity index (χ2n) is 2.33. The summed E-state index contributed by atoms with van der Waals surface area (Å²) in [5.74, 6) is 0. The molecule has 1 fully saturated rings. The fourth-order valence-corrected chi connectivity index (χ4v) is 1.27. The normalized spacial score (nSPS) is 27.8. The first-order chi connectivity index (χ1) is 4.65. The third-order valence-electron chi connectivity index (χ3n) is 1.60. The molecule has 0 aromatic heterocycles. The van der Waals surface area contributed by atoms with Crippen LogP contribution in [0.3, 0.4) is 0 Å². The molecule has 1 saturated heterocycles. The Morgan fingerprint density at radius 3 is 2.30 bits per heavy atom. The topological polar surface area (TPSA) is 49.4 Å². The van der Waals surface area contributed by atoms with Crippen LogP contribution < -0.4 is 0 Å². The Morgan fingerprint density at radius 1 is 1.50 bits per heavy atom. The van der Waals surface area contributed by atoms with Crippen LogP contribution in [0.4, 0.5) is 0 Å².